The molecule has 0 radical (unpaired) electrons. The van der Waals surface area contributed by atoms with Crippen LogP contribution in [0.2, 0.25) is 0 Å². The lowest BCUT2D eigenvalue weighted by atomic mass is 10.1. The zero-order valence-electron chi connectivity index (χ0n) is 19.5. The maximum Gasteiger partial charge on any atom is 0.390 e. The average molecular weight is 509 g/mol. The minimum atomic E-state index is -4.18. The molecule has 11 heteroatoms. The molecule has 2 heterocycles. The summed E-state index contributed by atoms with van der Waals surface area (Å²) >= 11 is 1.38. The number of amides is 1. The Morgan fingerprint density at radius 1 is 1.20 bits per heavy atom. The summed E-state index contributed by atoms with van der Waals surface area (Å²) in [7, 11) is 3.22. The van der Waals surface area contributed by atoms with Gasteiger partial charge < -0.3 is 19.3 Å². The zero-order valence-corrected chi connectivity index (χ0v) is 20.3. The number of ether oxygens (including phenoxy) is 2. The highest BCUT2D eigenvalue weighted by molar-refractivity contribution is 7.23. The summed E-state index contributed by atoms with van der Waals surface area (Å²) in [6.07, 6.45) is -5.03. The number of morpholine rings is 1. The average Bonchev–Trinajstić information content (AvgIpc) is 3.26. The summed E-state index contributed by atoms with van der Waals surface area (Å²) < 4.78 is 49.1. The molecule has 0 atom stereocenters. The number of carbonyl (C=O) groups excluding carboxylic acids is 1. The Morgan fingerprint density at radius 2 is 1.91 bits per heavy atom. The number of benzene rings is 2. The number of aromatic nitrogens is 1. The van der Waals surface area contributed by atoms with E-state index in [2.05, 4.69) is 15.2 Å². The highest BCUT2D eigenvalue weighted by Crippen LogP contribution is 2.39. The summed E-state index contributed by atoms with van der Waals surface area (Å²) in [5.41, 5.74) is 2.98. The van der Waals surface area contributed by atoms with Crippen molar-refractivity contribution in [2.45, 2.75) is 19.1 Å². The van der Waals surface area contributed by atoms with Gasteiger partial charge in [0.15, 0.2) is 5.13 Å². The van der Waals surface area contributed by atoms with Crippen molar-refractivity contribution in [2.75, 3.05) is 57.2 Å². The van der Waals surface area contributed by atoms with E-state index < -0.39 is 12.6 Å². The molecule has 0 bridgehead atoms. The van der Waals surface area contributed by atoms with Crippen molar-refractivity contribution in [1.82, 2.24) is 9.88 Å². The molecule has 0 unspecified atom stereocenters. The van der Waals surface area contributed by atoms with E-state index in [0.717, 1.165) is 29.0 Å². The van der Waals surface area contributed by atoms with Gasteiger partial charge in [0.05, 0.1) is 37.1 Å². The molecule has 0 spiro atoms. The van der Waals surface area contributed by atoms with Gasteiger partial charge in [-0.15, -0.1) is 0 Å². The van der Waals surface area contributed by atoms with Crippen LogP contribution in [0.4, 0.5) is 24.0 Å². The summed E-state index contributed by atoms with van der Waals surface area (Å²) in [5, 5.41) is 3.32. The summed E-state index contributed by atoms with van der Waals surface area (Å²) in [6, 6.07) is 10.7. The predicted octanol–water partition coefficient (Wildman–Crippen LogP) is 4.78. The number of hydrogen-bond acceptors (Lipinski definition) is 7. The maximum absolute atomic E-state index is 12.8. The van der Waals surface area contributed by atoms with Crippen LogP contribution in [-0.2, 0) is 11.3 Å². The Bertz CT molecular complexity index is 1160. The molecule has 1 N–H and O–H groups in total. The topological polar surface area (TPSA) is 66.9 Å². The molecule has 1 amide bonds. The van der Waals surface area contributed by atoms with Crippen LogP contribution >= 0.6 is 11.3 Å². The number of hydrogen-bond donors (Lipinski definition) is 1. The van der Waals surface area contributed by atoms with Crippen molar-refractivity contribution in [3.63, 3.8) is 0 Å². The van der Waals surface area contributed by atoms with Gasteiger partial charge in [-0.1, -0.05) is 23.5 Å². The maximum atomic E-state index is 12.8. The third-order valence-electron chi connectivity index (χ3n) is 5.72. The van der Waals surface area contributed by atoms with Gasteiger partial charge in [-0.25, -0.2) is 4.98 Å². The van der Waals surface area contributed by atoms with Crippen LogP contribution < -0.4 is 15.0 Å². The molecule has 188 valence electrons. The van der Waals surface area contributed by atoms with E-state index >= 15 is 0 Å². The molecular weight excluding hydrogens is 481 g/mol. The van der Waals surface area contributed by atoms with Gasteiger partial charge in [0.1, 0.15) is 11.3 Å². The number of anilines is 2. The van der Waals surface area contributed by atoms with Crippen LogP contribution in [0.5, 0.6) is 5.75 Å². The molecule has 1 saturated heterocycles. The SMILES string of the molecule is COc1ccc(N2CCOCC2)c2sc(NC(=O)c3ccc(CN(C)CCC(F)(F)F)cc3)nc12. The summed E-state index contributed by atoms with van der Waals surface area (Å²) in [6.45, 7) is 3.14. The van der Waals surface area contributed by atoms with Crippen LogP contribution in [0.3, 0.4) is 0 Å². The normalized spacial score (nSPS) is 14.5. The molecule has 3 aromatic rings. The molecule has 2 aromatic carbocycles. The largest absolute Gasteiger partial charge is 0.494 e. The van der Waals surface area contributed by atoms with Crippen molar-refractivity contribution in [3.8, 4) is 5.75 Å². The van der Waals surface area contributed by atoms with E-state index in [4.69, 9.17) is 9.47 Å². The van der Waals surface area contributed by atoms with E-state index in [1.54, 1.807) is 43.3 Å². The van der Waals surface area contributed by atoms with E-state index in [9.17, 15) is 18.0 Å². The van der Waals surface area contributed by atoms with Crippen molar-refractivity contribution in [3.05, 3.63) is 47.5 Å². The number of halogens is 3. The molecule has 4 rings (SSSR count). The van der Waals surface area contributed by atoms with E-state index in [1.165, 1.54) is 11.3 Å². The third kappa shape index (κ3) is 6.41. The highest BCUT2D eigenvalue weighted by atomic mass is 32.1. The van der Waals surface area contributed by atoms with Gasteiger partial charge in [-0.2, -0.15) is 13.2 Å². The van der Waals surface area contributed by atoms with Crippen molar-refractivity contribution >= 4 is 38.3 Å². The quantitative estimate of drug-likeness (QED) is 0.473. The number of nitrogens with one attached hydrogen (secondary N) is 1. The first-order valence-corrected chi connectivity index (χ1v) is 12.0. The first-order valence-electron chi connectivity index (χ1n) is 11.2. The molecule has 0 saturated carbocycles. The predicted molar refractivity (Wildman–Crippen MR) is 131 cm³/mol. The number of carbonyl (C=O) groups is 1. The van der Waals surface area contributed by atoms with Crippen LogP contribution in [0.25, 0.3) is 10.2 Å². The van der Waals surface area contributed by atoms with Gasteiger partial charge >= 0.3 is 6.18 Å². The molecule has 7 nitrogen and oxygen atoms in total. The standard InChI is InChI=1S/C24H27F3N4O3S/c1-30(10-9-24(25,26)27)15-16-3-5-17(6-4-16)22(32)29-23-28-20-19(33-2)8-7-18(21(20)35-23)31-11-13-34-14-12-31/h3-8H,9-15H2,1-2H3,(H,28,29,32). The molecule has 1 fully saturated rings. The van der Waals surface area contributed by atoms with Crippen LogP contribution in [-0.4, -0.2) is 69.0 Å². The minimum absolute atomic E-state index is 0.0841. The molecular formula is C24H27F3N4O3S. The Morgan fingerprint density at radius 3 is 2.57 bits per heavy atom. The molecule has 1 aromatic heterocycles. The first kappa shape index (κ1) is 25.2. The van der Waals surface area contributed by atoms with Crippen LogP contribution in [0.15, 0.2) is 36.4 Å². The molecule has 1 aliphatic heterocycles. The van der Waals surface area contributed by atoms with Crippen molar-refractivity contribution in [2.24, 2.45) is 0 Å². The number of nitrogens with zero attached hydrogens (tertiary/aromatic N) is 3. The summed E-state index contributed by atoms with van der Waals surface area (Å²) in [4.78, 5) is 21.3. The van der Waals surface area contributed by atoms with E-state index in [1.807, 2.05) is 12.1 Å². The Labute approximate surface area is 205 Å². The zero-order chi connectivity index (χ0) is 25.0. The Balaban J connectivity index is 1.45. The molecule has 1 aliphatic rings. The second-order valence-corrected chi connectivity index (χ2v) is 9.34. The molecule has 35 heavy (non-hydrogen) atoms. The number of methoxy groups -OCH3 is 1. The number of alkyl halides is 3. The molecule has 0 aliphatic carbocycles. The fourth-order valence-corrected chi connectivity index (χ4v) is 4.90. The minimum Gasteiger partial charge on any atom is -0.494 e. The van der Waals surface area contributed by atoms with E-state index in [0.29, 0.717) is 41.7 Å². The van der Waals surface area contributed by atoms with Crippen molar-refractivity contribution < 1.29 is 27.4 Å². The number of fused-ring (bicyclic) bond motifs is 1. The first-order chi connectivity index (χ1) is 16.7. The van der Waals surface area contributed by atoms with Crippen LogP contribution in [0, 0.1) is 0 Å². The second-order valence-electron chi connectivity index (χ2n) is 8.34. The fraction of sp³-hybridized carbons (Fsp3) is 0.417. The summed E-state index contributed by atoms with van der Waals surface area (Å²) in [5.74, 6) is 0.320. The highest BCUT2D eigenvalue weighted by Gasteiger charge is 2.27. The number of thiazole rings is 1. The third-order valence-corrected chi connectivity index (χ3v) is 6.72. The Kier molecular flexibility index (Phi) is 7.78. The fourth-order valence-electron chi connectivity index (χ4n) is 3.88. The number of rotatable bonds is 8. The lowest BCUT2D eigenvalue weighted by Crippen LogP contribution is -2.36. The monoisotopic (exact) mass is 508 g/mol. The van der Waals surface area contributed by atoms with Gasteiger partial charge in [0.2, 0.25) is 0 Å². The smallest absolute Gasteiger partial charge is 0.390 e. The lowest BCUT2D eigenvalue weighted by Gasteiger charge is -2.29. The Hall–Kier alpha value is -2.89. The van der Waals surface area contributed by atoms with E-state index in [-0.39, 0.29) is 12.5 Å². The van der Waals surface area contributed by atoms with Gasteiger partial charge in [0.25, 0.3) is 5.91 Å². The van der Waals surface area contributed by atoms with Gasteiger partial charge in [-0.3, -0.25) is 10.1 Å². The lowest BCUT2D eigenvalue weighted by molar-refractivity contribution is -0.137. The van der Waals surface area contributed by atoms with Crippen molar-refractivity contribution in [1.29, 1.82) is 0 Å². The van der Waals surface area contributed by atoms with Crippen LogP contribution in [0.1, 0.15) is 22.3 Å². The van der Waals surface area contributed by atoms with Gasteiger partial charge in [-0.05, 0) is 36.9 Å². The second kappa shape index (κ2) is 10.8. The van der Waals surface area contributed by atoms with Gasteiger partial charge in [0, 0.05) is 31.7 Å².